The third kappa shape index (κ3) is 1.81. The van der Waals surface area contributed by atoms with Crippen LogP contribution in [-0.4, -0.2) is 15.5 Å². The van der Waals surface area contributed by atoms with Gasteiger partial charge in [0, 0.05) is 42.4 Å². The summed E-state index contributed by atoms with van der Waals surface area (Å²) in [6.45, 7) is 2.62. The molecule has 1 saturated carbocycles. The first-order valence-electron chi connectivity index (χ1n) is 5.86. The molecule has 2 nitrogen and oxygen atoms in total. The molecule has 0 amide bonds. The van der Waals surface area contributed by atoms with Gasteiger partial charge in [-0.15, -0.1) is 0 Å². The molecule has 90 valence electrons. The fraction of sp³-hybridized carbons (Fsp3) is 0.462. The summed E-state index contributed by atoms with van der Waals surface area (Å²) in [6.07, 6.45) is 4.34. The summed E-state index contributed by atoms with van der Waals surface area (Å²) in [6, 6.07) is 3.94. The van der Waals surface area contributed by atoms with Crippen molar-refractivity contribution < 1.29 is 8.78 Å². The molecular weight excluding hydrogens is 222 g/mol. The second-order valence-electron chi connectivity index (χ2n) is 4.79. The van der Waals surface area contributed by atoms with E-state index >= 15 is 0 Å². The summed E-state index contributed by atoms with van der Waals surface area (Å²) < 4.78 is 27.6. The van der Waals surface area contributed by atoms with E-state index in [1.165, 1.54) is 0 Å². The molecule has 4 heteroatoms. The standard InChI is InChI=1S/C13H14F2N2/c1-9-11-4-7-17(12(11)2-5-16-9)6-3-10-8-13(10,14)15/h2,4-5,7,10H,3,6,8H2,1H3. The smallest absolute Gasteiger partial charge is 0.251 e. The van der Waals surface area contributed by atoms with Crippen LogP contribution in [0.5, 0.6) is 0 Å². The molecule has 17 heavy (non-hydrogen) atoms. The molecule has 2 heterocycles. The minimum atomic E-state index is -2.40. The van der Waals surface area contributed by atoms with Crippen molar-refractivity contribution in [3.05, 3.63) is 30.2 Å². The molecule has 0 aromatic carbocycles. The minimum Gasteiger partial charge on any atom is -0.347 e. The number of rotatable bonds is 3. The van der Waals surface area contributed by atoms with Gasteiger partial charge < -0.3 is 4.57 Å². The molecule has 1 atom stereocenters. The van der Waals surface area contributed by atoms with Gasteiger partial charge in [-0.05, 0) is 25.5 Å². The van der Waals surface area contributed by atoms with Crippen LogP contribution in [0.25, 0.3) is 10.9 Å². The van der Waals surface area contributed by atoms with Crippen LogP contribution in [0.2, 0.25) is 0 Å². The lowest BCUT2D eigenvalue weighted by Crippen LogP contribution is -2.01. The first kappa shape index (κ1) is 10.7. The number of pyridine rings is 1. The molecule has 1 unspecified atom stereocenters. The summed E-state index contributed by atoms with van der Waals surface area (Å²) in [7, 11) is 0. The van der Waals surface area contributed by atoms with Crippen LogP contribution < -0.4 is 0 Å². The zero-order valence-corrected chi connectivity index (χ0v) is 9.66. The van der Waals surface area contributed by atoms with Crippen molar-refractivity contribution in [1.82, 2.24) is 9.55 Å². The van der Waals surface area contributed by atoms with Crippen molar-refractivity contribution in [2.45, 2.75) is 32.2 Å². The lowest BCUT2D eigenvalue weighted by atomic mass is 10.2. The van der Waals surface area contributed by atoms with Gasteiger partial charge in [0.2, 0.25) is 0 Å². The highest BCUT2D eigenvalue weighted by Gasteiger charge is 2.55. The summed E-state index contributed by atoms with van der Waals surface area (Å²) in [5.41, 5.74) is 2.07. The topological polar surface area (TPSA) is 17.8 Å². The molecule has 0 spiro atoms. The number of aryl methyl sites for hydroxylation is 2. The Labute approximate surface area is 98.3 Å². The molecule has 0 radical (unpaired) electrons. The number of nitrogens with zero attached hydrogens (tertiary/aromatic N) is 2. The largest absolute Gasteiger partial charge is 0.347 e. The molecule has 0 aliphatic heterocycles. The number of hydrogen-bond acceptors (Lipinski definition) is 1. The molecule has 0 N–H and O–H groups in total. The van der Waals surface area contributed by atoms with E-state index < -0.39 is 11.8 Å². The van der Waals surface area contributed by atoms with E-state index in [0.717, 1.165) is 16.6 Å². The Hall–Kier alpha value is -1.45. The van der Waals surface area contributed by atoms with Crippen molar-refractivity contribution in [2.75, 3.05) is 0 Å². The molecule has 0 saturated heterocycles. The van der Waals surface area contributed by atoms with E-state index in [1.54, 1.807) is 6.20 Å². The third-order valence-corrected chi connectivity index (χ3v) is 3.57. The Balaban J connectivity index is 1.80. The highest BCUT2D eigenvalue weighted by atomic mass is 19.3. The van der Waals surface area contributed by atoms with Crippen LogP contribution in [0.4, 0.5) is 8.78 Å². The number of halogens is 2. The van der Waals surface area contributed by atoms with Gasteiger partial charge >= 0.3 is 0 Å². The molecule has 2 aromatic rings. The summed E-state index contributed by atoms with van der Waals surface area (Å²) >= 11 is 0. The predicted molar refractivity (Wildman–Crippen MR) is 62.1 cm³/mol. The second-order valence-corrected chi connectivity index (χ2v) is 4.79. The first-order valence-corrected chi connectivity index (χ1v) is 5.86. The first-order chi connectivity index (χ1) is 8.08. The van der Waals surface area contributed by atoms with Crippen LogP contribution >= 0.6 is 0 Å². The molecule has 3 rings (SSSR count). The molecule has 1 fully saturated rings. The zero-order valence-electron chi connectivity index (χ0n) is 9.66. The Kier molecular flexibility index (Phi) is 2.21. The van der Waals surface area contributed by atoms with E-state index in [4.69, 9.17) is 0 Å². The predicted octanol–water partition coefficient (Wildman–Crippen LogP) is 3.39. The van der Waals surface area contributed by atoms with Crippen molar-refractivity contribution in [3.63, 3.8) is 0 Å². The van der Waals surface area contributed by atoms with Crippen LogP contribution in [0, 0.1) is 12.8 Å². The van der Waals surface area contributed by atoms with Crippen molar-refractivity contribution in [3.8, 4) is 0 Å². The summed E-state index contributed by atoms with van der Waals surface area (Å²) in [5, 5.41) is 1.11. The Morgan fingerprint density at radius 2 is 2.24 bits per heavy atom. The molecule has 0 bridgehead atoms. The molecule has 2 aromatic heterocycles. The summed E-state index contributed by atoms with van der Waals surface area (Å²) in [5.74, 6) is -2.82. The fourth-order valence-electron chi connectivity index (χ4n) is 2.34. The maximum absolute atomic E-state index is 12.8. The van der Waals surface area contributed by atoms with Gasteiger partial charge in [0.1, 0.15) is 0 Å². The van der Waals surface area contributed by atoms with E-state index in [9.17, 15) is 8.78 Å². The minimum absolute atomic E-state index is 0.0623. The lowest BCUT2D eigenvalue weighted by molar-refractivity contribution is 0.0961. The number of hydrogen-bond donors (Lipinski definition) is 0. The van der Waals surface area contributed by atoms with E-state index in [1.807, 2.05) is 29.8 Å². The Morgan fingerprint density at radius 1 is 1.47 bits per heavy atom. The van der Waals surface area contributed by atoms with Gasteiger partial charge in [-0.3, -0.25) is 4.98 Å². The third-order valence-electron chi connectivity index (χ3n) is 3.57. The van der Waals surface area contributed by atoms with Crippen LogP contribution in [0.3, 0.4) is 0 Å². The van der Waals surface area contributed by atoms with Crippen molar-refractivity contribution in [1.29, 1.82) is 0 Å². The van der Waals surface area contributed by atoms with Crippen LogP contribution in [-0.2, 0) is 6.54 Å². The average molecular weight is 236 g/mol. The van der Waals surface area contributed by atoms with E-state index in [0.29, 0.717) is 13.0 Å². The van der Waals surface area contributed by atoms with Gasteiger partial charge in [-0.25, -0.2) is 8.78 Å². The monoisotopic (exact) mass is 236 g/mol. The quantitative estimate of drug-likeness (QED) is 0.798. The van der Waals surface area contributed by atoms with E-state index in [-0.39, 0.29) is 6.42 Å². The maximum Gasteiger partial charge on any atom is 0.251 e. The SMILES string of the molecule is Cc1nccc2c1ccn2CCC1CC1(F)F. The molecule has 1 aliphatic rings. The average Bonchev–Trinajstić information content (AvgIpc) is 2.73. The second kappa shape index (κ2) is 3.52. The zero-order chi connectivity index (χ0) is 12.0. The fourth-order valence-corrected chi connectivity index (χ4v) is 2.34. The van der Waals surface area contributed by atoms with Gasteiger partial charge in [-0.1, -0.05) is 0 Å². The van der Waals surface area contributed by atoms with Gasteiger partial charge in [-0.2, -0.15) is 0 Å². The van der Waals surface area contributed by atoms with Crippen LogP contribution in [0.15, 0.2) is 24.5 Å². The highest BCUT2D eigenvalue weighted by molar-refractivity contribution is 5.81. The molecular formula is C13H14F2N2. The van der Waals surface area contributed by atoms with Gasteiger partial charge in [0.25, 0.3) is 5.92 Å². The molecule has 1 aliphatic carbocycles. The number of alkyl halides is 2. The van der Waals surface area contributed by atoms with E-state index in [2.05, 4.69) is 4.98 Å². The Bertz CT molecular complexity index is 560. The highest BCUT2D eigenvalue weighted by Crippen LogP contribution is 2.50. The van der Waals surface area contributed by atoms with Gasteiger partial charge in [0.15, 0.2) is 0 Å². The lowest BCUT2D eigenvalue weighted by Gasteiger charge is -2.05. The van der Waals surface area contributed by atoms with Gasteiger partial charge in [0.05, 0.1) is 5.52 Å². The van der Waals surface area contributed by atoms with Crippen LogP contribution in [0.1, 0.15) is 18.5 Å². The Morgan fingerprint density at radius 3 is 2.94 bits per heavy atom. The number of aromatic nitrogens is 2. The van der Waals surface area contributed by atoms with Crippen molar-refractivity contribution in [2.24, 2.45) is 5.92 Å². The van der Waals surface area contributed by atoms with Crippen molar-refractivity contribution >= 4 is 10.9 Å². The normalized spacial score (nSPS) is 21.9. The maximum atomic E-state index is 12.8. The number of fused-ring (bicyclic) bond motifs is 1. The summed E-state index contributed by atoms with van der Waals surface area (Å²) in [4.78, 5) is 4.22.